The Kier molecular flexibility index (Phi) is 2.72. The van der Waals surface area contributed by atoms with Crippen molar-refractivity contribution in [2.45, 2.75) is 38.1 Å². The average molecular weight is 238 g/mol. The zero-order valence-corrected chi connectivity index (χ0v) is 10.0. The molecule has 0 radical (unpaired) electrons. The van der Waals surface area contributed by atoms with E-state index >= 15 is 0 Å². The maximum absolute atomic E-state index is 6.12. The topological polar surface area (TPSA) is 29.0 Å². The molecule has 0 aromatic carbocycles. The molecule has 0 bridgehead atoms. The second-order valence-electron chi connectivity index (χ2n) is 4.76. The third kappa shape index (κ3) is 1.67. The average Bonchev–Trinajstić information content (AvgIpc) is 2.74. The molecule has 0 amide bonds. The molecular formula is C12H16ClN3. The van der Waals surface area contributed by atoms with Crippen molar-refractivity contribution in [2.75, 3.05) is 11.4 Å². The van der Waals surface area contributed by atoms with Gasteiger partial charge in [0.05, 0.1) is 0 Å². The van der Waals surface area contributed by atoms with E-state index < -0.39 is 0 Å². The Morgan fingerprint density at radius 2 is 1.94 bits per heavy atom. The highest BCUT2D eigenvalue weighted by molar-refractivity contribution is 6.31. The second-order valence-corrected chi connectivity index (χ2v) is 5.12. The summed E-state index contributed by atoms with van der Waals surface area (Å²) in [6, 6.07) is 0.656. The number of nitrogens with zero attached hydrogens (tertiary/aromatic N) is 3. The first-order valence-corrected chi connectivity index (χ1v) is 6.47. The van der Waals surface area contributed by atoms with E-state index in [1.165, 1.54) is 32.1 Å². The summed E-state index contributed by atoms with van der Waals surface area (Å²) < 4.78 is 0. The molecule has 2 atom stereocenters. The van der Waals surface area contributed by atoms with Gasteiger partial charge in [0.25, 0.3) is 0 Å². The van der Waals surface area contributed by atoms with Crippen LogP contribution in [-0.2, 0) is 0 Å². The van der Waals surface area contributed by atoms with Crippen molar-refractivity contribution in [1.82, 2.24) is 9.97 Å². The lowest BCUT2D eigenvalue weighted by atomic mass is 9.85. The van der Waals surface area contributed by atoms with Gasteiger partial charge in [-0.05, 0) is 25.2 Å². The van der Waals surface area contributed by atoms with E-state index in [1.807, 2.05) is 0 Å². The quantitative estimate of drug-likeness (QED) is 0.752. The van der Waals surface area contributed by atoms with E-state index in [4.69, 9.17) is 11.6 Å². The molecule has 2 fully saturated rings. The number of fused-ring (bicyclic) bond motifs is 1. The van der Waals surface area contributed by atoms with Crippen LogP contribution in [0.3, 0.4) is 0 Å². The lowest BCUT2D eigenvalue weighted by Crippen LogP contribution is -2.35. The van der Waals surface area contributed by atoms with Crippen LogP contribution in [0.15, 0.2) is 12.4 Å². The van der Waals surface area contributed by atoms with E-state index in [2.05, 4.69) is 14.9 Å². The zero-order valence-electron chi connectivity index (χ0n) is 9.27. The van der Waals surface area contributed by atoms with E-state index in [1.54, 1.807) is 12.4 Å². The summed E-state index contributed by atoms with van der Waals surface area (Å²) in [6.07, 6.45) is 10.1. The minimum atomic E-state index is 0.550. The van der Waals surface area contributed by atoms with Gasteiger partial charge in [0.15, 0.2) is 11.0 Å². The molecule has 3 rings (SSSR count). The number of halogens is 1. The highest BCUT2D eigenvalue weighted by Crippen LogP contribution is 2.39. The molecule has 1 aliphatic carbocycles. The van der Waals surface area contributed by atoms with E-state index in [-0.39, 0.29) is 0 Å². The summed E-state index contributed by atoms with van der Waals surface area (Å²) in [6.45, 7) is 1.09. The monoisotopic (exact) mass is 237 g/mol. The van der Waals surface area contributed by atoms with Gasteiger partial charge in [-0.25, -0.2) is 9.97 Å². The van der Waals surface area contributed by atoms with Gasteiger partial charge in [-0.15, -0.1) is 0 Å². The summed E-state index contributed by atoms with van der Waals surface area (Å²) in [5.74, 6) is 1.74. The molecule has 0 spiro atoms. The summed E-state index contributed by atoms with van der Waals surface area (Å²) in [7, 11) is 0. The fourth-order valence-electron chi connectivity index (χ4n) is 3.18. The van der Waals surface area contributed by atoms with Crippen LogP contribution in [0, 0.1) is 5.92 Å². The Labute approximate surface area is 101 Å². The second kappa shape index (κ2) is 4.21. The van der Waals surface area contributed by atoms with Crippen LogP contribution in [0.2, 0.25) is 5.15 Å². The highest BCUT2D eigenvalue weighted by Gasteiger charge is 2.37. The van der Waals surface area contributed by atoms with Gasteiger partial charge >= 0.3 is 0 Å². The summed E-state index contributed by atoms with van der Waals surface area (Å²) in [5, 5.41) is 0.550. The van der Waals surface area contributed by atoms with Crippen molar-refractivity contribution < 1.29 is 0 Å². The number of aromatic nitrogens is 2. The largest absolute Gasteiger partial charge is 0.351 e. The first-order valence-electron chi connectivity index (χ1n) is 6.09. The van der Waals surface area contributed by atoms with E-state index in [0.717, 1.165) is 18.3 Å². The standard InChI is InChI=1S/C12H16ClN3/c13-11-12(15-7-6-14-11)16-8-5-9-3-1-2-4-10(9)16/h6-7,9-10H,1-5,8H2. The molecule has 1 aromatic heterocycles. The maximum atomic E-state index is 6.12. The SMILES string of the molecule is Clc1nccnc1N1CCC2CCCCC21. The van der Waals surface area contributed by atoms with Crippen molar-refractivity contribution in [2.24, 2.45) is 5.92 Å². The first-order chi connectivity index (χ1) is 7.86. The first kappa shape index (κ1) is 10.3. The minimum absolute atomic E-state index is 0.550. The Morgan fingerprint density at radius 3 is 2.81 bits per heavy atom. The van der Waals surface area contributed by atoms with Gasteiger partial charge in [0, 0.05) is 25.0 Å². The van der Waals surface area contributed by atoms with Gasteiger partial charge in [-0.3, -0.25) is 0 Å². The minimum Gasteiger partial charge on any atom is -0.351 e. The molecule has 1 aromatic rings. The normalized spacial score (nSPS) is 29.2. The van der Waals surface area contributed by atoms with Crippen molar-refractivity contribution >= 4 is 17.4 Å². The van der Waals surface area contributed by atoms with Gasteiger partial charge in [0.1, 0.15) is 0 Å². The highest BCUT2D eigenvalue weighted by atomic mass is 35.5. The molecule has 0 N–H and O–H groups in total. The van der Waals surface area contributed by atoms with Crippen LogP contribution in [0.1, 0.15) is 32.1 Å². The molecule has 1 saturated heterocycles. The van der Waals surface area contributed by atoms with E-state index in [0.29, 0.717) is 11.2 Å². The van der Waals surface area contributed by atoms with Crippen LogP contribution in [0.4, 0.5) is 5.82 Å². The van der Waals surface area contributed by atoms with Crippen molar-refractivity contribution in [3.63, 3.8) is 0 Å². The molecule has 3 nitrogen and oxygen atoms in total. The van der Waals surface area contributed by atoms with Crippen LogP contribution in [0.25, 0.3) is 0 Å². The molecule has 2 unspecified atom stereocenters. The van der Waals surface area contributed by atoms with Crippen molar-refractivity contribution in [1.29, 1.82) is 0 Å². The third-order valence-electron chi connectivity index (χ3n) is 3.92. The molecular weight excluding hydrogens is 222 g/mol. The van der Waals surface area contributed by atoms with Gasteiger partial charge in [-0.2, -0.15) is 0 Å². The van der Waals surface area contributed by atoms with Crippen molar-refractivity contribution in [3.05, 3.63) is 17.5 Å². The molecule has 2 aliphatic rings. The predicted octanol–water partition coefficient (Wildman–Crippen LogP) is 2.90. The van der Waals surface area contributed by atoms with Crippen LogP contribution < -0.4 is 4.90 Å². The molecule has 86 valence electrons. The summed E-state index contributed by atoms with van der Waals surface area (Å²) in [4.78, 5) is 10.9. The number of hydrogen-bond donors (Lipinski definition) is 0. The fourth-order valence-corrected chi connectivity index (χ4v) is 3.39. The number of anilines is 1. The predicted molar refractivity (Wildman–Crippen MR) is 64.8 cm³/mol. The van der Waals surface area contributed by atoms with Crippen LogP contribution >= 0.6 is 11.6 Å². The fraction of sp³-hybridized carbons (Fsp3) is 0.667. The number of rotatable bonds is 1. The van der Waals surface area contributed by atoms with E-state index in [9.17, 15) is 0 Å². The zero-order chi connectivity index (χ0) is 11.0. The Morgan fingerprint density at radius 1 is 1.12 bits per heavy atom. The molecule has 4 heteroatoms. The Bertz CT molecular complexity index is 382. The summed E-state index contributed by atoms with van der Waals surface area (Å²) >= 11 is 6.12. The van der Waals surface area contributed by atoms with Crippen LogP contribution in [-0.4, -0.2) is 22.6 Å². The third-order valence-corrected chi connectivity index (χ3v) is 4.18. The van der Waals surface area contributed by atoms with Gasteiger partial charge in [0.2, 0.25) is 0 Å². The molecule has 2 heterocycles. The maximum Gasteiger partial charge on any atom is 0.171 e. The van der Waals surface area contributed by atoms with Crippen LogP contribution in [0.5, 0.6) is 0 Å². The summed E-state index contributed by atoms with van der Waals surface area (Å²) in [5.41, 5.74) is 0. The Balaban J connectivity index is 1.88. The lowest BCUT2D eigenvalue weighted by molar-refractivity contribution is 0.341. The van der Waals surface area contributed by atoms with Gasteiger partial charge in [-0.1, -0.05) is 24.4 Å². The number of hydrogen-bond acceptors (Lipinski definition) is 3. The smallest absolute Gasteiger partial charge is 0.171 e. The molecule has 1 saturated carbocycles. The van der Waals surface area contributed by atoms with Gasteiger partial charge < -0.3 is 4.90 Å². The lowest BCUT2D eigenvalue weighted by Gasteiger charge is -2.32. The Hall–Kier alpha value is -0.830. The molecule has 16 heavy (non-hydrogen) atoms. The van der Waals surface area contributed by atoms with Crippen molar-refractivity contribution in [3.8, 4) is 0 Å². The molecule has 1 aliphatic heterocycles.